The summed E-state index contributed by atoms with van der Waals surface area (Å²) in [6, 6.07) is 0.473. The third kappa shape index (κ3) is 2.91. The lowest BCUT2D eigenvalue weighted by Crippen LogP contribution is -2.75. The van der Waals surface area contributed by atoms with Crippen LogP contribution >= 0.6 is 11.3 Å². The predicted molar refractivity (Wildman–Crippen MR) is 111 cm³/mol. The topological polar surface area (TPSA) is 123 Å². The van der Waals surface area contributed by atoms with Gasteiger partial charge in [0, 0.05) is 18.3 Å². The van der Waals surface area contributed by atoms with Gasteiger partial charge in [0.05, 0.1) is 42.9 Å². The van der Waals surface area contributed by atoms with Crippen molar-refractivity contribution in [3.05, 3.63) is 23.2 Å². The van der Waals surface area contributed by atoms with Crippen molar-refractivity contribution in [3.8, 4) is 16.6 Å². The molecule has 3 atom stereocenters. The lowest BCUT2D eigenvalue weighted by atomic mass is 9.67. The van der Waals surface area contributed by atoms with Gasteiger partial charge >= 0.3 is 6.03 Å². The number of fused-ring (bicyclic) bond motifs is 4. The molecule has 162 valence electrons. The summed E-state index contributed by atoms with van der Waals surface area (Å²) in [5.41, 5.74) is 1.40. The lowest BCUT2D eigenvalue weighted by molar-refractivity contribution is -0.153. The fourth-order valence-corrected chi connectivity index (χ4v) is 5.57. The summed E-state index contributed by atoms with van der Waals surface area (Å²) in [5.74, 6) is -1.22. The number of aromatic nitrogens is 2. The Morgan fingerprint density at radius 1 is 1.23 bits per heavy atom. The van der Waals surface area contributed by atoms with Crippen LogP contribution < -0.4 is 20.3 Å². The first-order chi connectivity index (χ1) is 14.8. The summed E-state index contributed by atoms with van der Waals surface area (Å²) < 4.78 is 11.2. The minimum Gasteiger partial charge on any atom is -0.473 e. The summed E-state index contributed by atoms with van der Waals surface area (Å²) in [6.45, 7) is 4.28. The number of methoxy groups -OCH3 is 1. The van der Waals surface area contributed by atoms with Crippen LogP contribution in [0.4, 0.5) is 10.5 Å². The van der Waals surface area contributed by atoms with Gasteiger partial charge in [-0.05, 0) is 25.5 Å². The van der Waals surface area contributed by atoms with E-state index in [0.717, 1.165) is 11.3 Å². The van der Waals surface area contributed by atoms with Gasteiger partial charge in [0.25, 0.3) is 5.19 Å². The van der Waals surface area contributed by atoms with Crippen molar-refractivity contribution in [2.45, 2.75) is 38.5 Å². The molecule has 2 N–H and O–H groups in total. The van der Waals surface area contributed by atoms with E-state index in [1.807, 2.05) is 30.2 Å². The molecule has 3 aliphatic heterocycles. The van der Waals surface area contributed by atoms with Gasteiger partial charge in [-0.1, -0.05) is 11.3 Å². The number of carbonyl (C=O) groups excluding carboxylic acids is 3. The van der Waals surface area contributed by atoms with E-state index in [-0.39, 0.29) is 12.5 Å². The number of morpholine rings is 1. The van der Waals surface area contributed by atoms with Crippen LogP contribution in [0.2, 0.25) is 0 Å². The number of anilines is 1. The number of amides is 4. The molecule has 0 saturated carbocycles. The highest BCUT2D eigenvalue weighted by atomic mass is 32.1. The second kappa shape index (κ2) is 6.99. The number of nitrogens with one attached hydrogen (secondary N) is 2. The Labute approximate surface area is 182 Å². The van der Waals surface area contributed by atoms with E-state index < -0.39 is 35.4 Å². The molecule has 4 amide bonds. The minimum atomic E-state index is -1.50. The highest BCUT2D eigenvalue weighted by Crippen LogP contribution is 2.47. The highest BCUT2D eigenvalue weighted by molar-refractivity contribution is 7.11. The van der Waals surface area contributed by atoms with E-state index in [2.05, 4.69) is 20.6 Å². The van der Waals surface area contributed by atoms with E-state index in [0.29, 0.717) is 23.1 Å². The molecule has 1 spiro atoms. The van der Waals surface area contributed by atoms with Crippen molar-refractivity contribution >= 4 is 34.9 Å². The zero-order valence-electron chi connectivity index (χ0n) is 17.2. The number of thiazole rings is 1. The van der Waals surface area contributed by atoms with Crippen molar-refractivity contribution in [3.63, 3.8) is 0 Å². The number of urea groups is 1. The van der Waals surface area contributed by atoms with Gasteiger partial charge in [0.2, 0.25) is 11.8 Å². The number of nitrogens with zero attached hydrogens (tertiary/aromatic N) is 3. The van der Waals surface area contributed by atoms with Crippen LogP contribution in [0, 0.1) is 5.41 Å². The van der Waals surface area contributed by atoms with Gasteiger partial charge in [-0.15, -0.1) is 0 Å². The molecule has 2 saturated heterocycles. The Hall–Kier alpha value is -3.05. The van der Waals surface area contributed by atoms with Crippen molar-refractivity contribution in [1.29, 1.82) is 0 Å². The second-order valence-electron chi connectivity index (χ2n) is 8.04. The standard InChI is InChI=1S/C20H21N5O5S/c1-9-7-25-14-6-21-12(13-8-31-19(22-13)29-3)4-11(14)5-20(15(25)10(2)30-9)16(26)23-18(28)24-17(20)27/h4,6,8-10,15H,5,7H2,1-3H3,(H2,23,24,26,27,28)/t9-,10+,15-/m1/s1. The minimum absolute atomic E-state index is 0.104. The normalized spacial score (nSPS) is 26.7. The zero-order valence-corrected chi connectivity index (χ0v) is 18.0. The molecule has 5 heterocycles. The van der Waals surface area contributed by atoms with Gasteiger partial charge in [-0.25, -0.2) is 9.78 Å². The molecule has 0 radical (unpaired) electrons. The fraction of sp³-hybridized carbons (Fsp3) is 0.450. The SMILES string of the molecule is COc1nc(-c2cc3c(cn2)N2C[C@@H](C)O[C@@H](C)[C@@H]2C2(C3)C(=O)NC(=O)NC2=O)cs1. The van der Waals surface area contributed by atoms with E-state index in [1.54, 1.807) is 13.3 Å². The molecule has 0 unspecified atom stereocenters. The smallest absolute Gasteiger partial charge is 0.328 e. The van der Waals surface area contributed by atoms with Gasteiger partial charge in [-0.2, -0.15) is 0 Å². The third-order valence-electron chi connectivity index (χ3n) is 6.12. The van der Waals surface area contributed by atoms with Crippen LogP contribution in [0.5, 0.6) is 5.19 Å². The summed E-state index contributed by atoms with van der Waals surface area (Å²) in [7, 11) is 1.55. The Balaban J connectivity index is 1.65. The maximum Gasteiger partial charge on any atom is 0.328 e. The van der Waals surface area contributed by atoms with Gasteiger partial charge < -0.3 is 14.4 Å². The number of imide groups is 2. The number of pyridine rings is 1. The van der Waals surface area contributed by atoms with Crippen molar-refractivity contribution < 1.29 is 23.9 Å². The molecule has 2 fully saturated rings. The quantitative estimate of drug-likeness (QED) is 0.662. The maximum absolute atomic E-state index is 13.2. The Morgan fingerprint density at radius 3 is 2.65 bits per heavy atom. The summed E-state index contributed by atoms with van der Waals surface area (Å²) >= 11 is 1.36. The second-order valence-corrected chi connectivity index (χ2v) is 8.86. The molecule has 31 heavy (non-hydrogen) atoms. The highest BCUT2D eigenvalue weighted by Gasteiger charge is 2.62. The lowest BCUT2D eigenvalue weighted by Gasteiger charge is -2.55. The maximum atomic E-state index is 13.2. The molecule has 5 rings (SSSR count). The number of ether oxygens (including phenoxy) is 2. The number of rotatable bonds is 2. The average molecular weight is 443 g/mol. The summed E-state index contributed by atoms with van der Waals surface area (Å²) in [5, 5.41) is 6.94. The van der Waals surface area contributed by atoms with E-state index >= 15 is 0 Å². The molecule has 10 nitrogen and oxygen atoms in total. The first-order valence-electron chi connectivity index (χ1n) is 9.91. The fourth-order valence-electron chi connectivity index (χ4n) is 4.94. The van der Waals surface area contributed by atoms with Crippen LogP contribution in [0.3, 0.4) is 0 Å². The Bertz CT molecular complexity index is 1080. The molecule has 2 aromatic heterocycles. The molecule has 0 aliphatic carbocycles. The molecular weight excluding hydrogens is 422 g/mol. The molecule has 3 aliphatic rings. The first kappa shape index (κ1) is 19.9. The third-order valence-corrected chi connectivity index (χ3v) is 6.92. The largest absolute Gasteiger partial charge is 0.473 e. The van der Waals surface area contributed by atoms with Crippen LogP contribution in [-0.2, 0) is 20.7 Å². The number of hydrogen-bond donors (Lipinski definition) is 2. The summed E-state index contributed by atoms with van der Waals surface area (Å²) in [4.78, 5) is 49.1. The van der Waals surface area contributed by atoms with Crippen molar-refractivity contribution in [2.24, 2.45) is 5.41 Å². The van der Waals surface area contributed by atoms with Crippen LogP contribution in [0.15, 0.2) is 17.6 Å². The van der Waals surface area contributed by atoms with E-state index in [4.69, 9.17) is 9.47 Å². The Morgan fingerprint density at radius 2 is 1.97 bits per heavy atom. The van der Waals surface area contributed by atoms with Crippen molar-refractivity contribution in [1.82, 2.24) is 20.6 Å². The van der Waals surface area contributed by atoms with Crippen LogP contribution in [0.1, 0.15) is 19.4 Å². The van der Waals surface area contributed by atoms with Crippen molar-refractivity contribution in [2.75, 3.05) is 18.6 Å². The monoisotopic (exact) mass is 443 g/mol. The van der Waals surface area contributed by atoms with Gasteiger partial charge in [0.1, 0.15) is 5.69 Å². The first-order valence-corrected chi connectivity index (χ1v) is 10.8. The van der Waals surface area contributed by atoms with Gasteiger partial charge in [0.15, 0.2) is 5.41 Å². The summed E-state index contributed by atoms with van der Waals surface area (Å²) in [6.07, 6.45) is 1.36. The number of carbonyl (C=O) groups is 3. The van der Waals surface area contributed by atoms with Crippen LogP contribution in [-0.4, -0.2) is 59.7 Å². The van der Waals surface area contributed by atoms with E-state index in [9.17, 15) is 14.4 Å². The Kier molecular flexibility index (Phi) is 4.48. The number of barbiturate groups is 1. The molecule has 2 aromatic rings. The molecule has 0 aromatic carbocycles. The molecular formula is C20H21N5O5S. The molecule has 0 bridgehead atoms. The zero-order chi connectivity index (χ0) is 21.9. The molecule has 11 heteroatoms. The predicted octanol–water partition coefficient (Wildman–Crippen LogP) is 1.10. The average Bonchev–Trinajstić information content (AvgIpc) is 3.20. The van der Waals surface area contributed by atoms with Crippen LogP contribution in [0.25, 0.3) is 11.4 Å². The number of hydrogen-bond acceptors (Lipinski definition) is 9. The van der Waals surface area contributed by atoms with E-state index in [1.165, 1.54) is 11.3 Å². The van der Waals surface area contributed by atoms with Gasteiger partial charge in [-0.3, -0.25) is 25.2 Å².